The highest BCUT2D eigenvalue weighted by Crippen LogP contribution is 2.35. The summed E-state index contributed by atoms with van der Waals surface area (Å²) in [5, 5.41) is 3.30. The van der Waals surface area contributed by atoms with Gasteiger partial charge in [0.2, 0.25) is 0 Å². The van der Waals surface area contributed by atoms with Gasteiger partial charge in [-0.05, 0) is 39.7 Å². The van der Waals surface area contributed by atoms with Crippen LogP contribution in [-0.2, 0) is 4.74 Å². The molecule has 2 heteroatoms. The predicted octanol–water partition coefficient (Wildman–Crippen LogP) is 3.81. The van der Waals surface area contributed by atoms with Crippen molar-refractivity contribution in [2.75, 3.05) is 7.05 Å². The molecule has 16 heavy (non-hydrogen) atoms. The monoisotopic (exact) mass is 229 g/mol. The quantitative estimate of drug-likeness (QED) is 0.699. The van der Waals surface area contributed by atoms with Gasteiger partial charge in [0.1, 0.15) is 6.23 Å². The fraction of sp³-hybridized carbons (Fsp3) is 1.00. The molecular weight excluding hydrogens is 198 g/mol. The van der Waals surface area contributed by atoms with Gasteiger partial charge in [-0.15, -0.1) is 0 Å². The average molecular weight is 229 g/mol. The van der Waals surface area contributed by atoms with E-state index in [0.29, 0.717) is 11.3 Å². The van der Waals surface area contributed by atoms with E-state index < -0.39 is 0 Å². The van der Waals surface area contributed by atoms with Gasteiger partial charge in [0, 0.05) is 5.92 Å². The van der Waals surface area contributed by atoms with Crippen LogP contribution in [0.1, 0.15) is 61.3 Å². The van der Waals surface area contributed by atoms with E-state index >= 15 is 0 Å². The average Bonchev–Trinajstić information content (AvgIpc) is 2.11. The number of hydrogen-bond acceptors (Lipinski definition) is 2. The molecule has 0 bridgehead atoms. The SMILES string of the molecule is CCCC(C)(C)C(C)C(NC)OC(C)(C)C. The Balaban J connectivity index is 4.58. The molecule has 2 atom stereocenters. The van der Waals surface area contributed by atoms with E-state index in [4.69, 9.17) is 4.74 Å². The van der Waals surface area contributed by atoms with E-state index in [1.165, 1.54) is 12.8 Å². The van der Waals surface area contributed by atoms with Crippen LogP contribution in [0.2, 0.25) is 0 Å². The Bertz CT molecular complexity index is 193. The number of rotatable bonds is 6. The van der Waals surface area contributed by atoms with Crippen LogP contribution in [0.15, 0.2) is 0 Å². The van der Waals surface area contributed by atoms with Crippen LogP contribution in [0.5, 0.6) is 0 Å². The second-order valence-electron chi connectivity index (χ2n) is 6.47. The number of nitrogens with one attached hydrogen (secondary N) is 1. The first kappa shape index (κ1) is 15.9. The molecule has 2 unspecified atom stereocenters. The van der Waals surface area contributed by atoms with Crippen LogP contribution in [0, 0.1) is 11.3 Å². The fourth-order valence-corrected chi connectivity index (χ4v) is 2.07. The summed E-state index contributed by atoms with van der Waals surface area (Å²) in [6.45, 7) is 15.5. The summed E-state index contributed by atoms with van der Waals surface area (Å²) in [6, 6.07) is 0. The maximum atomic E-state index is 6.07. The minimum absolute atomic E-state index is 0.0930. The summed E-state index contributed by atoms with van der Waals surface area (Å²) < 4.78 is 6.07. The summed E-state index contributed by atoms with van der Waals surface area (Å²) in [5.41, 5.74) is 0.220. The van der Waals surface area contributed by atoms with Crippen molar-refractivity contribution in [2.45, 2.75) is 73.1 Å². The van der Waals surface area contributed by atoms with Crippen molar-refractivity contribution < 1.29 is 4.74 Å². The highest BCUT2D eigenvalue weighted by atomic mass is 16.5. The van der Waals surface area contributed by atoms with E-state index in [1.54, 1.807) is 0 Å². The minimum atomic E-state index is -0.0930. The molecule has 0 aliphatic heterocycles. The molecule has 1 N–H and O–H groups in total. The van der Waals surface area contributed by atoms with Crippen LogP contribution in [-0.4, -0.2) is 18.9 Å². The molecule has 0 amide bonds. The van der Waals surface area contributed by atoms with E-state index in [9.17, 15) is 0 Å². The standard InChI is InChI=1S/C14H31NO/c1-9-10-14(6,7)11(2)12(15-8)16-13(3,4)5/h11-12,15H,9-10H2,1-8H3. The molecule has 0 radical (unpaired) electrons. The van der Waals surface area contributed by atoms with Gasteiger partial charge in [0.15, 0.2) is 0 Å². The highest BCUT2D eigenvalue weighted by molar-refractivity contribution is 4.81. The second-order valence-corrected chi connectivity index (χ2v) is 6.47. The minimum Gasteiger partial charge on any atom is -0.357 e. The first-order valence-electron chi connectivity index (χ1n) is 6.49. The molecule has 0 saturated carbocycles. The third-order valence-corrected chi connectivity index (χ3v) is 3.35. The van der Waals surface area contributed by atoms with Crippen molar-refractivity contribution in [2.24, 2.45) is 11.3 Å². The normalized spacial score (nSPS) is 17.2. The van der Waals surface area contributed by atoms with Gasteiger partial charge in [-0.2, -0.15) is 0 Å². The summed E-state index contributed by atoms with van der Waals surface area (Å²) in [4.78, 5) is 0. The lowest BCUT2D eigenvalue weighted by molar-refractivity contribution is -0.116. The van der Waals surface area contributed by atoms with Crippen LogP contribution >= 0.6 is 0 Å². The van der Waals surface area contributed by atoms with Gasteiger partial charge in [-0.25, -0.2) is 0 Å². The number of ether oxygens (including phenoxy) is 1. The summed E-state index contributed by atoms with van der Waals surface area (Å²) >= 11 is 0. The summed E-state index contributed by atoms with van der Waals surface area (Å²) in [7, 11) is 1.98. The Kier molecular flexibility index (Phi) is 5.99. The van der Waals surface area contributed by atoms with Crippen molar-refractivity contribution in [3.63, 3.8) is 0 Å². The first-order chi connectivity index (χ1) is 7.14. The third kappa shape index (κ3) is 5.31. The molecule has 0 heterocycles. The largest absolute Gasteiger partial charge is 0.357 e. The molecule has 0 aliphatic rings. The summed E-state index contributed by atoms with van der Waals surface area (Å²) in [5.74, 6) is 0.497. The zero-order chi connectivity index (χ0) is 13.0. The molecule has 0 aromatic rings. The lowest BCUT2D eigenvalue weighted by atomic mass is 9.75. The van der Waals surface area contributed by atoms with Gasteiger partial charge >= 0.3 is 0 Å². The zero-order valence-electron chi connectivity index (χ0n) is 12.5. The summed E-state index contributed by atoms with van der Waals surface area (Å²) in [6.07, 6.45) is 2.59. The molecule has 0 fully saturated rings. The number of hydrogen-bond donors (Lipinski definition) is 1. The van der Waals surface area contributed by atoms with Gasteiger partial charge < -0.3 is 4.74 Å². The molecule has 0 spiro atoms. The van der Waals surface area contributed by atoms with Crippen LogP contribution < -0.4 is 5.32 Å². The van der Waals surface area contributed by atoms with Crippen LogP contribution in [0.25, 0.3) is 0 Å². The van der Waals surface area contributed by atoms with E-state index in [2.05, 4.69) is 53.8 Å². The van der Waals surface area contributed by atoms with Gasteiger partial charge in [0.05, 0.1) is 5.60 Å². The Morgan fingerprint density at radius 3 is 1.94 bits per heavy atom. The van der Waals surface area contributed by atoms with Crippen molar-refractivity contribution in [1.82, 2.24) is 5.32 Å². The smallest absolute Gasteiger partial charge is 0.111 e. The second kappa shape index (κ2) is 6.02. The van der Waals surface area contributed by atoms with Crippen LogP contribution in [0.4, 0.5) is 0 Å². The Morgan fingerprint density at radius 2 is 1.62 bits per heavy atom. The van der Waals surface area contributed by atoms with Crippen molar-refractivity contribution >= 4 is 0 Å². The first-order valence-corrected chi connectivity index (χ1v) is 6.49. The lowest BCUT2D eigenvalue weighted by Gasteiger charge is -2.39. The predicted molar refractivity (Wildman–Crippen MR) is 71.5 cm³/mol. The van der Waals surface area contributed by atoms with Gasteiger partial charge in [0.25, 0.3) is 0 Å². The highest BCUT2D eigenvalue weighted by Gasteiger charge is 2.33. The van der Waals surface area contributed by atoms with E-state index in [-0.39, 0.29) is 11.8 Å². The van der Waals surface area contributed by atoms with Crippen LogP contribution in [0.3, 0.4) is 0 Å². The molecule has 0 aromatic carbocycles. The maximum Gasteiger partial charge on any atom is 0.111 e. The van der Waals surface area contributed by atoms with E-state index in [1.807, 2.05) is 7.05 Å². The lowest BCUT2D eigenvalue weighted by Crippen LogP contribution is -2.45. The van der Waals surface area contributed by atoms with Crippen molar-refractivity contribution in [3.05, 3.63) is 0 Å². The van der Waals surface area contributed by atoms with Crippen molar-refractivity contribution in [1.29, 1.82) is 0 Å². The Morgan fingerprint density at radius 1 is 1.12 bits per heavy atom. The molecule has 98 valence electrons. The third-order valence-electron chi connectivity index (χ3n) is 3.35. The molecule has 0 saturated heterocycles. The maximum absolute atomic E-state index is 6.07. The molecule has 0 rings (SSSR count). The van der Waals surface area contributed by atoms with Crippen molar-refractivity contribution in [3.8, 4) is 0 Å². The molecule has 2 nitrogen and oxygen atoms in total. The fourth-order valence-electron chi connectivity index (χ4n) is 2.07. The van der Waals surface area contributed by atoms with E-state index in [0.717, 1.165) is 0 Å². The molecule has 0 aromatic heterocycles. The van der Waals surface area contributed by atoms with Gasteiger partial charge in [-0.3, -0.25) is 5.32 Å². The molecule has 0 aliphatic carbocycles. The zero-order valence-corrected chi connectivity index (χ0v) is 12.5. The topological polar surface area (TPSA) is 21.3 Å². The Hall–Kier alpha value is -0.0800. The Labute approximate surface area is 102 Å². The van der Waals surface area contributed by atoms with Gasteiger partial charge in [-0.1, -0.05) is 34.1 Å². The molecular formula is C14H31NO.